The average Bonchev–Trinajstić information content (AvgIpc) is 2.78. The molecule has 0 saturated carbocycles. The smallest absolute Gasteiger partial charge is 0.266 e. The van der Waals surface area contributed by atoms with Gasteiger partial charge in [0.15, 0.2) is 0 Å². The Morgan fingerprint density at radius 2 is 1.77 bits per heavy atom. The van der Waals surface area contributed by atoms with Crippen LogP contribution in [0.1, 0.15) is 11.1 Å². The number of hydrogen-bond acceptors (Lipinski definition) is 3. The second kappa shape index (κ2) is 6.77. The van der Waals surface area contributed by atoms with Gasteiger partial charge in [0.25, 0.3) is 5.91 Å². The van der Waals surface area contributed by atoms with Crippen molar-refractivity contribution in [2.45, 2.75) is 6.54 Å². The molecule has 1 saturated heterocycles. The summed E-state index contributed by atoms with van der Waals surface area (Å²) in [6, 6.07) is 17.7. The summed E-state index contributed by atoms with van der Waals surface area (Å²) in [6.07, 6.45) is 1.89. The Morgan fingerprint density at radius 1 is 1.09 bits per heavy atom. The van der Waals surface area contributed by atoms with Crippen molar-refractivity contribution in [3.8, 4) is 0 Å². The van der Waals surface area contributed by atoms with Gasteiger partial charge in [-0.2, -0.15) is 0 Å². The number of carbonyl (C=O) groups is 1. The number of rotatable bonds is 3. The van der Waals surface area contributed by atoms with Gasteiger partial charge in [0, 0.05) is 4.47 Å². The molecule has 0 radical (unpaired) electrons. The fraction of sp³-hybridized carbons (Fsp3) is 0.0588. The predicted octanol–water partition coefficient (Wildman–Crippen LogP) is 4.85. The SMILES string of the molecule is O=C1/C(=C/c2ccc(Br)cc2)SC(=S)N1Cc1ccccc1. The minimum absolute atomic E-state index is 0.0261. The molecule has 3 rings (SSSR count). The Balaban J connectivity index is 1.80. The topological polar surface area (TPSA) is 20.3 Å². The first-order valence-electron chi connectivity index (χ1n) is 6.68. The first-order chi connectivity index (χ1) is 10.6. The summed E-state index contributed by atoms with van der Waals surface area (Å²) in [4.78, 5) is 14.9. The first-order valence-corrected chi connectivity index (χ1v) is 8.70. The molecule has 0 aromatic heterocycles. The highest BCUT2D eigenvalue weighted by atomic mass is 79.9. The van der Waals surface area contributed by atoms with Crippen molar-refractivity contribution in [1.29, 1.82) is 0 Å². The van der Waals surface area contributed by atoms with Gasteiger partial charge in [-0.1, -0.05) is 82.4 Å². The molecule has 2 nitrogen and oxygen atoms in total. The van der Waals surface area contributed by atoms with Crippen molar-refractivity contribution in [2.75, 3.05) is 0 Å². The van der Waals surface area contributed by atoms with E-state index in [1.54, 1.807) is 4.90 Å². The lowest BCUT2D eigenvalue weighted by Crippen LogP contribution is -2.27. The fourth-order valence-corrected chi connectivity index (χ4v) is 3.63. The van der Waals surface area contributed by atoms with E-state index >= 15 is 0 Å². The number of hydrogen-bond donors (Lipinski definition) is 0. The van der Waals surface area contributed by atoms with Crippen LogP contribution >= 0.6 is 39.9 Å². The molecule has 22 heavy (non-hydrogen) atoms. The van der Waals surface area contributed by atoms with Crippen molar-refractivity contribution in [1.82, 2.24) is 4.90 Å². The molecule has 0 atom stereocenters. The van der Waals surface area contributed by atoms with Gasteiger partial charge in [0.2, 0.25) is 0 Å². The summed E-state index contributed by atoms with van der Waals surface area (Å²) < 4.78 is 1.62. The van der Waals surface area contributed by atoms with Gasteiger partial charge in [-0.3, -0.25) is 9.69 Å². The molecule has 1 amide bonds. The van der Waals surface area contributed by atoms with Gasteiger partial charge in [-0.25, -0.2) is 0 Å². The van der Waals surface area contributed by atoms with Crippen LogP contribution in [0.2, 0.25) is 0 Å². The zero-order chi connectivity index (χ0) is 15.5. The molecule has 2 aromatic carbocycles. The number of thioether (sulfide) groups is 1. The normalized spacial score (nSPS) is 16.6. The third-order valence-electron chi connectivity index (χ3n) is 3.22. The number of carbonyl (C=O) groups excluding carboxylic acids is 1. The number of halogens is 1. The van der Waals surface area contributed by atoms with E-state index in [4.69, 9.17) is 12.2 Å². The van der Waals surface area contributed by atoms with Gasteiger partial charge in [0.1, 0.15) is 4.32 Å². The summed E-state index contributed by atoms with van der Waals surface area (Å²) in [5.41, 5.74) is 2.06. The maximum Gasteiger partial charge on any atom is 0.266 e. The fourth-order valence-electron chi connectivity index (χ4n) is 2.11. The van der Waals surface area contributed by atoms with Crippen LogP contribution in [0.5, 0.6) is 0 Å². The monoisotopic (exact) mass is 389 g/mol. The third-order valence-corrected chi connectivity index (χ3v) is 5.13. The van der Waals surface area contributed by atoms with E-state index in [-0.39, 0.29) is 5.91 Å². The Kier molecular flexibility index (Phi) is 4.76. The van der Waals surface area contributed by atoms with Crippen LogP contribution in [-0.2, 0) is 11.3 Å². The van der Waals surface area contributed by atoms with E-state index in [2.05, 4.69) is 15.9 Å². The Bertz CT molecular complexity index is 741. The molecule has 2 aromatic rings. The van der Waals surface area contributed by atoms with E-state index in [0.717, 1.165) is 15.6 Å². The van der Waals surface area contributed by atoms with Crippen LogP contribution < -0.4 is 0 Å². The van der Waals surface area contributed by atoms with Crippen LogP contribution in [0.15, 0.2) is 64.0 Å². The molecule has 0 unspecified atom stereocenters. The maximum atomic E-state index is 12.5. The molecule has 1 aliphatic rings. The second-order valence-electron chi connectivity index (χ2n) is 4.81. The van der Waals surface area contributed by atoms with E-state index < -0.39 is 0 Å². The molecule has 0 spiro atoms. The summed E-state index contributed by atoms with van der Waals surface area (Å²) in [5, 5.41) is 0. The second-order valence-corrected chi connectivity index (χ2v) is 7.40. The highest BCUT2D eigenvalue weighted by Crippen LogP contribution is 2.33. The highest BCUT2D eigenvalue weighted by Gasteiger charge is 2.31. The van der Waals surface area contributed by atoms with Gasteiger partial charge in [-0.05, 0) is 29.3 Å². The summed E-state index contributed by atoms with van der Waals surface area (Å²) in [5.74, 6) is -0.0261. The first kappa shape index (κ1) is 15.5. The van der Waals surface area contributed by atoms with Crippen molar-refractivity contribution < 1.29 is 4.79 Å². The van der Waals surface area contributed by atoms with E-state index in [9.17, 15) is 4.79 Å². The average molecular weight is 390 g/mol. The molecule has 0 N–H and O–H groups in total. The Labute approximate surface area is 147 Å². The molecule has 110 valence electrons. The lowest BCUT2D eigenvalue weighted by molar-refractivity contribution is -0.122. The number of nitrogens with zero attached hydrogens (tertiary/aromatic N) is 1. The molecular weight excluding hydrogens is 378 g/mol. The summed E-state index contributed by atoms with van der Waals surface area (Å²) in [6.45, 7) is 0.517. The molecule has 0 bridgehead atoms. The molecule has 1 aliphatic heterocycles. The number of benzene rings is 2. The van der Waals surface area contributed by atoms with E-state index in [1.807, 2.05) is 60.7 Å². The molecular formula is C17H12BrNOS2. The molecule has 0 aliphatic carbocycles. The largest absolute Gasteiger partial charge is 0.288 e. The zero-order valence-electron chi connectivity index (χ0n) is 11.5. The maximum absolute atomic E-state index is 12.5. The lowest BCUT2D eigenvalue weighted by atomic mass is 10.2. The van der Waals surface area contributed by atoms with Crippen LogP contribution in [0, 0.1) is 0 Å². The van der Waals surface area contributed by atoms with Crippen LogP contribution in [0.25, 0.3) is 6.08 Å². The predicted molar refractivity (Wildman–Crippen MR) is 99.3 cm³/mol. The summed E-state index contributed by atoms with van der Waals surface area (Å²) >= 11 is 10.1. The number of thiocarbonyl (C=S) groups is 1. The van der Waals surface area contributed by atoms with Gasteiger partial charge < -0.3 is 0 Å². The lowest BCUT2D eigenvalue weighted by Gasteiger charge is -2.14. The van der Waals surface area contributed by atoms with Crippen LogP contribution in [0.3, 0.4) is 0 Å². The van der Waals surface area contributed by atoms with E-state index in [0.29, 0.717) is 15.8 Å². The van der Waals surface area contributed by atoms with Crippen molar-refractivity contribution in [3.05, 3.63) is 75.1 Å². The third kappa shape index (κ3) is 3.48. The number of amides is 1. The van der Waals surface area contributed by atoms with Gasteiger partial charge in [0.05, 0.1) is 11.4 Å². The zero-order valence-corrected chi connectivity index (χ0v) is 14.7. The summed E-state index contributed by atoms with van der Waals surface area (Å²) in [7, 11) is 0. The molecule has 1 fully saturated rings. The van der Waals surface area contributed by atoms with Gasteiger partial charge >= 0.3 is 0 Å². The van der Waals surface area contributed by atoms with Crippen molar-refractivity contribution in [3.63, 3.8) is 0 Å². The Hall–Kier alpha value is -1.43. The van der Waals surface area contributed by atoms with Crippen LogP contribution in [0.4, 0.5) is 0 Å². The highest BCUT2D eigenvalue weighted by molar-refractivity contribution is 9.10. The molecule has 1 heterocycles. The van der Waals surface area contributed by atoms with Gasteiger partial charge in [-0.15, -0.1) is 0 Å². The standard InChI is InChI=1S/C17H12BrNOS2/c18-14-8-6-12(7-9-14)10-15-16(20)19(17(21)22-15)11-13-4-2-1-3-5-13/h1-10H,11H2/b15-10-. The van der Waals surface area contributed by atoms with Crippen LogP contribution in [-0.4, -0.2) is 15.1 Å². The molecule has 5 heteroatoms. The van der Waals surface area contributed by atoms with Crippen molar-refractivity contribution >= 4 is 56.2 Å². The minimum atomic E-state index is -0.0261. The minimum Gasteiger partial charge on any atom is -0.288 e. The Morgan fingerprint density at radius 3 is 2.45 bits per heavy atom. The quantitative estimate of drug-likeness (QED) is 0.552. The van der Waals surface area contributed by atoms with Crippen molar-refractivity contribution in [2.24, 2.45) is 0 Å². The van der Waals surface area contributed by atoms with E-state index in [1.165, 1.54) is 11.8 Å².